The van der Waals surface area contributed by atoms with Gasteiger partial charge in [0, 0.05) is 18.0 Å². The van der Waals surface area contributed by atoms with Gasteiger partial charge >= 0.3 is 5.97 Å². The highest BCUT2D eigenvalue weighted by Crippen LogP contribution is 2.31. The van der Waals surface area contributed by atoms with Crippen molar-refractivity contribution in [3.63, 3.8) is 0 Å². The van der Waals surface area contributed by atoms with E-state index < -0.39 is 5.97 Å². The summed E-state index contributed by atoms with van der Waals surface area (Å²) in [5.74, 6) is -0.761. The second-order valence-electron chi connectivity index (χ2n) is 3.77. The molecule has 0 N–H and O–H groups in total. The van der Waals surface area contributed by atoms with Crippen LogP contribution < -0.4 is 0 Å². The van der Waals surface area contributed by atoms with Gasteiger partial charge in [-0.2, -0.15) is 0 Å². The fourth-order valence-electron chi connectivity index (χ4n) is 1.44. The van der Waals surface area contributed by atoms with Gasteiger partial charge in [0.15, 0.2) is 21.5 Å². The number of carbonyl (C=O) groups is 2. The Morgan fingerprint density at radius 2 is 2.05 bits per heavy atom. The Balaban J connectivity index is 2.46. The number of aryl methyl sites for hydroxylation is 1. The van der Waals surface area contributed by atoms with E-state index in [-0.39, 0.29) is 18.1 Å². The normalized spacial score (nSPS) is 10.5. The van der Waals surface area contributed by atoms with Crippen LogP contribution in [0.25, 0.3) is 10.0 Å². The molecule has 0 unspecified atom stereocenters. The summed E-state index contributed by atoms with van der Waals surface area (Å²) in [6.45, 7) is 5.25. The molecule has 2 heterocycles. The first-order chi connectivity index (χ1) is 9.02. The molecule has 0 bridgehead atoms. The third-order valence-electron chi connectivity index (χ3n) is 2.22. The lowest BCUT2D eigenvalue weighted by Crippen LogP contribution is -2.09. The Hall–Kier alpha value is -1.60. The van der Waals surface area contributed by atoms with Crippen LogP contribution in [0.4, 0.5) is 0 Å². The molecule has 0 spiro atoms. The molecular formula is C12H12N2O3S2. The molecule has 0 fully saturated rings. The summed E-state index contributed by atoms with van der Waals surface area (Å²) in [5, 5.41) is 3.18. The number of esters is 1. The van der Waals surface area contributed by atoms with E-state index in [2.05, 4.69) is 9.97 Å². The van der Waals surface area contributed by atoms with Gasteiger partial charge in [0.05, 0.1) is 6.61 Å². The highest BCUT2D eigenvalue weighted by molar-refractivity contribution is 7.22. The number of thiazole rings is 2. The molecule has 0 aliphatic carbocycles. The van der Waals surface area contributed by atoms with Crippen molar-refractivity contribution in [2.45, 2.75) is 20.8 Å². The molecule has 7 heteroatoms. The van der Waals surface area contributed by atoms with Crippen molar-refractivity contribution in [3.05, 3.63) is 21.6 Å². The van der Waals surface area contributed by atoms with E-state index >= 15 is 0 Å². The summed E-state index contributed by atoms with van der Waals surface area (Å²) in [6.07, 6.45) is 0. The van der Waals surface area contributed by atoms with Crippen LogP contribution in [-0.2, 0) is 4.74 Å². The summed E-state index contributed by atoms with van der Waals surface area (Å²) in [7, 11) is 0. The van der Waals surface area contributed by atoms with Gasteiger partial charge in [0.25, 0.3) is 0 Å². The summed E-state index contributed by atoms with van der Waals surface area (Å²) in [6, 6.07) is 0. The second kappa shape index (κ2) is 5.58. The first-order valence-electron chi connectivity index (χ1n) is 5.64. The van der Waals surface area contributed by atoms with E-state index in [4.69, 9.17) is 4.74 Å². The van der Waals surface area contributed by atoms with E-state index in [9.17, 15) is 9.59 Å². The number of aromatic nitrogens is 2. The molecule has 0 aliphatic heterocycles. The van der Waals surface area contributed by atoms with E-state index in [1.54, 1.807) is 6.92 Å². The predicted octanol–water partition coefficient (Wildman–Crippen LogP) is 2.95. The Morgan fingerprint density at radius 1 is 1.32 bits per heavy atom. The Morgan fingerprint density at radius 3 is 2.58 bits per heavy atom. The molecule has 0 aromatic carbocycles. The highest BCUT2D eigenvalue weighted by atomic mass is 32.1. The number of hydrogen-bond acceptors (Lipinski definition) is 7. The predicted molar refractivity (Wildman–Crippen MR) is 73.9 cm³/mol. The molecule has 0 amide bonds. The van der Waals surface area contributed by atoms with Gasteiger partial charge in [-0.25, -0.2) is 14.8 Å². The third kappa shape index (κ3) is 2.87. The summed E-state index contributed by atoms with van der Waals surface area (Å²) in [4.78, 5) is 32.2. The van der Waals surface area contributed by atoms with Crippen LogP contribution in [0.2, 0.25) is 0 Å². The molecule has 19 heavy (non-hydrogen) atoms. The maximum absolute atomic E-state index is 11.8. The number of ether oxygens (including phenoxy) is 1. The Kier molecular flexibility index (Phi) is 4.06. The third-order valence-corrected chi connectivity index (χ3v) is 4.48. The minimum absolute atomic E-state index is 0.0854. The number of carbonyl (C=O) groups excluding carboxylic acids is 2. The minimum Gasteiger partial charge on any atom is -0.461 e. The van der Waals surface area contributed by atoms with Crippen molar-refractivity contribution < 1.29 is 14.3 Å². The molecule has 5 nitrogen and oxygen atoms in total. The van der Waals surface area contributed by atoms with Crippen molar-refractivity contribution >= 4 is 34.4 Å². The lowest BCUT2D eigenvalue weighted by Gasteiger charge is -1.98. The quantitative estimate of drug-likeness (QED) is 0.641. The standard InChI is InChI=1S/C12H12N2O3S2/c1-4-17-12(16)8-9(7(3)15)19-11(14-8)10-13-6(2)5-18-10/h5H,4H2,1-3H3. The summed E-state index contributed by atoms with van der Waals surface area (Å²) < 4.78 is 4.91. The largest absolute Gasteiger partial charge is 0.461 e. The van der Waals surface area contributed by atoms with Crippen LogP contribution in [0.3, 0.4) is 0 Å². The average Bonchev–Trinajstić information content (AvgIpc) is 2.94. The van der Waals surface area contributed by atoms with Gasteiger partial charge in [-0.15, -0.1) is 22.7 Å². The van der Waals surface area contributed by atoms with Gasteiger partial charge in [-0.05, 0) is 13.8 Å². The van der Waals surface area contributed by atoms with Crippen LogP contribution in [-0.4, -0.2) is 28.3 Å². The van der Waals surface area contributed by atoms with Crippen LogP contribution in [0.5, 0.6) is 0 Å². The molecule has 0 saturated heterocycles. The van der Waals surface area contributed by atoms with Gasteiger partial charge in [-0.3, -0.25) is 4.79 Å². The van der Waals surface area contributed by atoms with Crippen molar-refractivity contribution in [1.82, 2.24) is 9.97 Å². The molecule has 0 aliphatic rings. The van der Waals surface area contributed by atoms with E-state index in [1.165, 1.54) is 29.6 Å². The first-order valence-corrected chi connectivity index (χ1v) is 7.34. The lowest BCUT2D eigenvalue weighted by atomic mass is 10.3. The number of hydrogen-bond donors (Lipinski definition) is 0. The van der Waals surface area contributed by atoms with Crippen LogP contribution in [0, 0.1) is 6.92 Å². The molecule has 100 valence electrons. The zero-order chi connectivity index (χ0) is 14.0. The van der Waals surface area contributed by atoms with Crippen molar-refractivity contribution in [3.8, 4) is 10.0 Å². The van der Waals surface area contributed by atoms with Crippen molar-refractivity contribution in [1.29, 1.82) is 0 Å². The smallest absolute Gasteiger partial charge is 0.358 e. The molecular weight excluding hydrogens is 284 g/mol. The van der Waals surface area contributed by atoms with Gasteiger partial charge in [-0.1, -0.05) is 0 Å². The summed E-state index contributed by atoms with van der Waals surface area (Å²) >= 11 is 2.61. The lowest BCUT2D eigenvalue weighted by molar-refractivity contribution is 0.0517. The first kappa shape index (κ1) is 13.8. The maximum atomic E-state index is 11.8. The van der Waals surface area contributed by atoms with E-state index in [1.807, 2.05) is 12.3 Å². The van der Waals surface area contributed by atoms with Gasteiger partial charge < -0.3 is 4.74 Å². The van der Waals surface area contributed by atoms with Crippen molar-refractivity contribution in [2.24, 2.45) is 0 Å². The number of ketones is 1. The SMILES string of the molecule is CCOC(=O)c1nc(-c2nc(C)cs2)sc1C(C)=O. The number of nitrogens with zero attached hydrogens (tertiary/aromatic N) is 2. The Bertz CT molecular complexity index is 631. The van der Waals surface area contributed by atoms with Gasteiger partial charge in [0.1, 0.15) is 4.88 Å². The molecule has 2 rings (SSSR count). The monoisotopic (exact) mass is 296 g/mol. The van der Waals surface area contributed by atoms with Crippen LogP contribution in [0.15, 0.2) is 5.38 Å². The molecule has 2 aromatic rings. The van der Waals surface area contributed by atoms with Gasteiger partial charge in [0.2, 0.25) is 0 Å². The maximum Gasteiger partial charge on any atom is 0.358 e. The molecule has 2 aromatic heterocycles. The zero-order valence-corrected chi connectivity index (χ0v) is 12.4. The fourth-order valence-corrected chi connectivity index (χ4v) is 3.22. The number of rotatable bonds is 4. The Labute approximate surface area is 118 Å². The van der Waals surface area contributed by atoms with Crippen LogP contribution in [0.1, 0.15) is 39.7 Å². The van der Waals surface area contributed by atoms with Crippen LogP contribution >= 0.6 is 22.7 Å². The second-order valence-corrected chi connectivity index (χ2v) is 5.62. The van der Waals surface area contributed by atoms with Crippen molar-refractivity contribution in [2.75, 3.05) is 6.61 Å². The highest BCUT2D eigenvalue weighted by Gasteiger charge is 2.23. The average molecular weight is 296 g/mol. The zero-order valence-electron chi connectivity index (χ0n) is 10.7. The molecule has 0 radical (unpaired) electrons. The minimum atomic E-state index is -0.566. The van der Waals surface area contributed by atoms with E-state index in [0.29, 0.717) is 14.9 Å². The topological polar surface area (TPSA) is 69.2 Å². The number of Topliss-reactive ketones (excluding diaryl/α,β-unsaturated/α-hetero) is 1. The molecule has 0 saturated carbocycles. The molecule has 0 atom stereocenters. The fraction of sp³-hybridized carbons (Fsp3) is 0.333. The summed E-state index contributed by atoms with van der Waals surface area (Å²) in [5.41, 5.74) is 0.972. The van der Waals surface area contributed by atoms with E-state index in [0.717, 1.165) is 5.69 Å².